The zero-order valence-corrected chi connectivity index (χ0v) is 17.8. The van der Waals surface area contributed by atoms with Crippen LogP contribution in [0.25, 0.3) is 11.0 Å². The lowest BCUT2D eigenvalue weighted by Gasteiger charge is -2.39. The Kier molecular flexibility index (Phi) is 4.91. The van der Waals surface area contributed by atoms with Crippen molar-refractivity contribution in [3.63, 3.8) is 0 Å². The first kappa shape index (κ1) is 19.3. The van der Waals surface area contributed by atoms with Gasteiger partial charge in [-0.25, -0.2) is 4.98 Å². The minimum Gasteiger partial charge on any atom is -0.351 e. The predicted octanol–water partition coefficient (Wildman–Crippen LogP) is 3.56. The summed E-state index contributed by atoms with van der Waals surface area (Å²) < 4.78 is 0. The van der Waals surface area contributed by atoms with Gasteiger partial charge in [-0.3, -0.25) is 4.98 Å². The maximum absolute atomic E-state index is 9.42. The summed E-state index contributed by atoms with van der Waals surface area (Å²) >= 11 is 0. The van der Waals surface area contributed by atoms with Crippen molar-refractivity contribution in [3.05, 3.63) is 60.3 Å². The summed E-state index contributed by atoms with van der Waals surface area (Å²) in [5.74, 6) is 1.67. The minimum atomic E-state index is 0.221. The highest BCUT2D eigenvalue weighted by Gasteiger charge is 2.47. The standard InChI is InChI=1S/C24H25N7/c1-3-20-22-15-29(23-14-26-18-9-5-6-10-19(18)28-23)12-13-30(22)24(27-16-25)31(20)21-11-7-4-8-17(21)2/h4-11,14,20,22H,3,12-13,15H2,1-2H3/b27-24+. The Labute approximate surface area is 182 Å². The summed E-state index contributed by atoms with van der Waals surface area (Å²) in [5, 5.41) is 9.42. The number of hydrogen-bond donors (Lipinski definition) is 0. The third-order valence-corrected chi connectivity index (χ3v) is 6.37. The zero-order chi connectivity index (χ0) is 21.4. The average Bonchev–Trinajstić information content (AvgIpc) is 3.11. The lowest BCUT2D eigenvalue weighted by atomic mass is 10.0. The number of anilines is 2. The van der Waals surface area contributed by atoms with Gasteiger partial charge in [-0.1, -0.05) is 37.3 Å². The molecule has 0 bridgehead atoms. The maximum Gasteiger partial charge on any atom is 0.217 e. The Morgan fingerprint density at radius 2 is 1.87 bits per heavy atom. The molecule has 3 aromatic rings. The molecule has 2 aromatic carbocycles. The number of nitriles is 1. The smallest absolute Gasteiger partial charge is 0.217 e. The van der Waals surface area contributed by atoms with Gasteiger partial charge in [0, 0.05) is 25.3 Å². The lowest BCUT2D eigenvalue weighted by molar-refractivity contribution is 0.279. The normalized spacial score (nSPS) is 22.1. The van der Waals surface area contributed by atoms with E-state index in [0.717, 1.165) is 54.6 Å². The fourth-order valence-electron chi connectivity index (χ4n) is 4.89. The number of para-hydroxylation sites is 3. The number of aliphatic imine (C=N–C) groups is 1. The number of aryl methyl sites for hydroxylation is 1. The average molecular weight is 412 g/mol. The van der Waals surface area contributed by atoms with Crippen LogP contribution in [0.1, 0.15) is 18.9 Å². The maximum atomic E-state index is 9.42. The summed E-state index contributed by atoms with van der Waals surface area (Å²) in [4.78, 5) is 20.6. The molecule has 2 aliphatic heterocycles. The molecule has 0 spiro atoms. The van der Waals surface area contributed by atoms with Gasteiger partial charge in [0.15, 0.2) is 0 Å². The summed E-state index contributed by atoms with van der Waals surface area (Å²) in [6, 6.07) is 16.7. The molecule has 2 unspecified atom stereocenters. The number of aromatic nitrogens is 2. The molecule has 7 nitrogen and oxygen atoms in total. The molecule has 5 rings (SSSR count). The van der Waals surface area contributed by atoms with Crippen LogP contribution in [0.2, 0.25) is 0 Å². The molecule has 0 amide bonds. The van der Waals surface area contributed by atoms with Gasteiger partial charge in [-0.2, -0.15) is 5.26 Å². The Balaban J connectivity index is 1.50. The van der Waals surface area contributed by atoms with Crippen molar-refractivity contribution in [1.82, 2.24) is 14.9 Å². The second-order valence-electron chi connectivity index (χ2n) is 8.07. The van der Waals surface area contributed by atoms with Crippen molar-refractivity contribution in [3.8, 4) is 6.19 Å². The van der Waals surface area contributed by atoms with Gasteiger partial charge in [0.2, 0.25) is 12.2 Å². The van der Waals surface area contributed by atoms with E-state index in [1.54, 1.807) is 0 Å². The monoisotopic (exact) mass is 411 g/mol. The molecule has 2 aliphatic rings. The van der Waals surface area contributed by atoms with Gasteiger partial charge in [0.25, 0.3) is 0 Å². The van der Waals surface area contributed by atoms with Crippen molar-refractivity contribution in [2.45, 2.75) is 32.4 Å². The van der Waals surface area contributed by atoms with Gasteiger partial charge >= 0.3 is 0 Å². The molecule has 0 radical (unpaired) electrons. The quantitative estimate of drug-likeness (QED) is 0.614. The number of benzene rings is 2. The Hall–Kier alpha value is -3.66. The third kappa shape index (κ3) is 3.25. The van der Waals surface area contributed by atoms with Crippen molar-refractivity contribution in [2.24, 2.45) is 4.99 Å². The van der Waals surface area contributed by atoms with E-state index in [2.05, 4.69) is 50.7 Å². The highest BCUT2D eigenvalue weighted by atomic mass is 15.5. The van der Waals surface area contributed by atoms with E-state index >= 15 is 0 Å². The number of nitrogens with zero attached hydrogens (tertiary/aromatic N) is 7. The van der Waals surface area contributed by atoms with E-state index in [1.807, 2.05) is 48.8 Å². The van der Waals surface area contributed by atoms with Crippen LogP contribution in [0.5, 0.6) is 0 Å². The van der Waals surface area contributed by atoms with Crippen molar-refractivity contribution >= 4 is 28.5 Å². The number of fused-ring (bicyclic) bond motifs is 2. The van der Waals surface area contributed by atoms with Crippen LogP contribution < -0.4 is 9.80 Å². The van der Waals surface area contributed by atoms with Crippen LogP contribution in [-0.2, 0) is 0 Å². The second kappa shape index (κ2) is 7.88. The van der Waals surface area contributed by atoms with Crippen LogP contribution in [0.4, 0.5) is 11.5 Å². The largest absolute Gasteiger partial charge is 0.351 e. The van der Waals surface area contributed by atoms with Gasteiger partial charge < -0.3 is 14.7 Å². The Morgan fingerprint density at radius 3 is 2.65 bits per heavy atom. The Bertz CT molecular complexity index is 1180. The third-order valence-electron chi connectivity index (χ3n) is 6.37. The van der Waals surface area contributed by atoms with Crippen LogP contribution in [0, 0.1) is 18.4 Å². The van der Waals surface area contributed by atoms with Gasteiger partial charge in [-0.05, 0) is 37.1 Å². The summed E-state index contributed by atoms with van der Waals surface area (Å²) in [6.07, 6.45) is 4.87. The summed E-state index contributed by atoms with van der Waals surface area (Å²) in [6.45, 7) is 6.74. The fourth-order valence-corrected chi connectivity index (χ4v) is 4.89. The topological polar surface area (TPSA) is 71.6 Å². The summed E-state index contributed by atoms with van der Waals surface area (Å²) in [7, 11) is 0. The number of piperazine rings is 1. The molecule has 0 saturated carbocycles. The molecule has 1 aromatic heterocycles. The first-order valence-electron chi connectivity index (χ1n) is 10.8. The molecular formula is C24H25N7. The second-order valence-corrected chi connectivity index (χ2v) is 8.07. The zero-order valence-electron chi connectivity index (χ0n) is 17.8. The lowest BCUT2D eigenvalue weighted by Crippen LogP contribution is -2.54. The van der Waals surface area contributed by atoms with Crippen LogP contribution in [0.15, 0.2) is 59.7 Å². The molecule has 2 saturated heterocycles. The SMILES string of the molecule is CCC1C2CN(c3cnc4ccccc4n3)CCN2/C(=N\C#N)N1c1ccccc1C. The van der Waals surface area contributed by atoms with Crippen molar-refractivity contribution in [2.75, 3.05) is 29.4 Å². The molecule has 3 heterocycles. The van der Waals surface area contributed by atoms with E-state index in [9.17, 15) is 5.26 Å². The van der Waals surface area contributed by atoms with Gasteiger partial charge in [0.1, 0.15) is 5.82 Å². The first-order chi connectivity index (χ1) is 15.2. The molecule has 156 valence electrons. The molecule has 0 N–H and O–H groups in total. The van der Waals surface area contributed by atoms with Crippen LogP contribution in [-0.4, -0.2) is 52.5 Å². The van der Waals surface area contributed by atoms with Crippen LogP contribution in [0.3, 0.4) is 0 Å². The Morgan fingerprint density at radius 1 is 1.10 bits per heavy atom. The minimum absolute atomic E-state index is 0.221. The molecule has 2 atom stereocenters. The first-order valence-corrected chi connectivity index (χ1v) is 10.8. The van der Waals surface area contributed by atoms with E-state index in [1.165, 1.54) is 5.56 Å². The number of guanidine groups is 1. The molecule has 31 heavy (non-hydrogen) atoms. The predicted molar refractivity (Wildman–Crippen MR) is 123 cm³/mol. The van der Waals surface area contributed by atoms with Crippen molar-refractivity contribution < 1.29 is 0 Å². The summed E-state index contributed by atoms with van der Waals surface area (Å²) in [5.41, 5.74) is 4.12. The van der Waals surface area contributed by atoms with Crippen molar-refractivity contribution in [1.29, 1.82) is 5.26 Å². The highest BCUT2D eigenvalue weighted by Crippen LogP contribution is 2.35. The molecular weight excluding hydrogens is 386 g/mol. The van der Waals surface area contributed by atoms with E-state index < -0.39 is 0 Å². The fraction of sp³-hybridized carbons (Fsp3) is 0.333. The molecule has 2 fully saturated rings. The van der Waals surface area contributed by atoms with E-state index in [-0.39, 0.29) is 12.1 Å². The van der Waals surface area contributed by atoms with E-state index in [4.69, 9.17) is 4.98 Å². The highest BCUT2D eigenvalue weighted by molar-refractivity contribution is 6.00. The number of hydrogen-bond acceptors (Lipinski definition) is 5. The van der Waals surface area contributed by atoms with Gasteiger partial charge in [0.05, 0.1) is 29.3 Å². The molecule has 7 heteroatoms. The number of rotatable bonds is 3. The molecule has 0 aliphatic carbocycles. The van der Waals surface area contributed by atoms with Gasteiger partial charge in [-0.15, -0.1) is 4.99 Å². The van der Waals surface area contributed by atoms with Crippen LogP contribution >= 0.6 is 0 Å². The van der Waals surface area contributed by atoms with E-state index in [0.29, 0.717) is 0 Å².